The van der Waals surface area contributed by atoms with Gasteiger partial charge in [-0.25, -0.2) is 0 Å². The van der Waals surface area contributed by atoms with Crippen LogP contribution in [-0.4, -0.2) is 21.0 Å². The third-order valence-corrected chi connectivity index (χ3v) is 7.06. The predicted octanol–water partition coefficient (Wildman–Crippen LogP) is 5.41. The van der Waals surface area contributed by atoms with E-state index in [0.29, 0.717) is 0 Å². The van der Waals surface area contributed by atoms with Gasteiger partial charge in [0.15, 0.2) is 0 Å². The molecule has 1 aliphatic carbocycles. The summed E-state index contributed by atoms with van der Waals surface area (Å²) in [5.41, 5.74) is 1.20. The van der Waals surface area contributed by atoms with Gasteiger partial charge in [-0.15, -0.1) is 0 Å². The second-order valence-electron chi connectivity index (χ2n) is 7.85. The highest BCUT2D eigenvalue weighted by atomic mass is 28.3. The molecular formula is C17H36OSi. The molecule has 0 aromatic carbocycles. The molecule has 0 aliphatic heterocycles. The lowest BCUT2D eigenvalue weighted by Gasteiger charge is -2.19. The fraction of sp³-hybridized carbons (Fsp3) is 1.00. The molecule has 1 aliphatic rings. The fourth-order valence-corrected chi connectivity index (χ4v) is 5.04. The van der Waals surface area contributed by atoms with Crippen molar-refractivity contribution < 1.29 is 4.74 Å². The summed E-state index contributed by atoms with van der Waals surface area (Å²) < 4.78 is 5.75. The lowest BCUT2D eigenvalue weighted by molar-refractivity contribution is -0.00476. The summed E-state index contributed by atoms with van der Waals surface area (Å²) in [7, 11) is -0.351. The summed E-state index contributed by atoms with van der Waals surface area (Å²) in [6, 6.07) is 0. The Morgan fingerprint density at radius 2 is 1.68 bits per heavy atom. The van der Waals surface area contributed by atoms with E-state index in [0.717, 1.165) is 18.1 Å². The van der Waals surface area contributed by atoms with Gasteiger partial charge in [0.05, 0.1) is 5.60 Å². The molecule has 1 saturated carbocycles. The molecule has 0 aromatic rings. The monoisotopic (exact) mass is 284 g/mol. The molecule has 0 amide bonds. The molecule has 1 nitrogen and oxygen atoms in total. The van der Waals surface area contributed by atoms with Gasteiger partial charge in [0.25, 0.3) is 0 Å². The molecule has 2 heteroatoms. The molecule has 1 fully saturated rings. The minimum Gasteiger partial charge on any atom is -0.376 e. The van der Waals surface area contributed by atoms with E-state index >= 15 is 0 Å². The van der Waals surface area contributed by atoms with Crippen molar-refractivity contribution >= 4 is 8.80 Å². The molecule has 19 heavy (non-hydrogen) atoms. The Morgan fingerprint density at radius 3 is 2.26 bits per heavy atom. The summed E-state index contributed by atoms with van der Waals surface area (Å²) in [5, 5.41) is 0. The molecule has 114 valence electrons. The summed E-state index contributed by atoms with van der Waals surface area (Å²) in [4.78, 5) is 0. The van der Waals surface area contributed by atoms with Crippen LogP contribution in [0.15, 0.2) is 0 Å². The zero-order valence-corrected chi connectivity index (χ0v) is 15.2. The maximum atomic E-state index is 5.75. The van der Waals surface area contributed by atoms with Crippen molar-refractivity contribution in [2.75, 3.05) is 6.61 Å². The SMILES string of the molecule is C[SiH](C)C1CCC(CCCCCCOC(C)(C)C)C1. The Kier molecular flexibility index (Phi) is 7.67. The van der Waals surface area contributed by atoms with E-state index in [1.54, 1.807) is 12.8 Å². The smallest absolute Gasteiger partial charge is 0.0598 e. The second kappa shape index (κ2) is 8.46. The number of ether oxygens (including phenoxy) is 1. The summed E-state index contributed by atoms with van der Waals surface area (Å²) >= 11 is 0. The molecule has 2 atom stereocenters. The average molecular weight is 285 g/mol. The standard InChI is InChI=1S/C17H36OSi/c1-17(2,3)18-13-9-7-6-8-10-15-11-12-16(14-15)19(4)5/h15-16,19H,6-14H2,1-5H3. The van der Waals surface area contributed by atoms with Crippen LogP contribution in [0.3, 0.4) is 0 Å². The van der Waals surface area contributed by atoms with Crippen molar-refractivity contribution in [3.05, 3.63) is 0 Å². The average Bonchev–Trinajstić information content (AvgIpc) is 2.75. The van der Waals surface area contributed by atoms with Crippen molar-refractivity contribution in [1.82, 2.24) is 0 Å². The van der Waals surface area contributed by atoms with Gasteiger partial charge >= 0.3 is 0 Å². The van der Waals surface area contributed by atoms with Crippen molar-refractivity contribution in [3.63, 3.8) is 0 Å². The van der Waals surface area contributed by atoms with Gasteiger partial charge in [-0.2, -0.15) is 0 Å². The highest BCUT2D eigenvalue weighted by Gasteiger charge is 2.26. The van der Waals surface area contributed by atoms with Gasteiger partial charge in [-0.3, -0.25) is 0 Å². The maximum Gasteiger partial charge on any atom is 0.0598 e. The predicted molar refractivity (Wildman–Crippen MR) is 88.8 cm³/mol. The Bertz CT molecular complexity index is 232. The normalized spacial score (nSPS) is 24.3. The lowest BCUT2D eigenvalue weighted by atomic mass is 9.99. The van der Waals surface area contributed by atoms with Crippen LogP contribution in [0.1, 0.15) is 72.1 Å². The molecule has 0 spiro atoms. The van der Waals surface area contributed by atoms with E-state index in [1.165, 1.54) is 38.5 Å². The Hall–Kier alpha value is 0.177. The largest absolute Gasteiger partial charge is 0.376 e. The number of unbranched alkanes of at least 4 members (excludes halogenated alkanes) is 3. The number of hydrogen-bond acceptors (Lipinski definition) is 1. The van der Waals surface area contributed by atoms with Crippen LogP contribution in [-0.2, 0) is 4.74 Å². The fourth-order valence-electron chi connectivity index (χ4n) is 3.25. The summed E-state index contributed by atoms with van der Waals surface area (Å²) in [6.07, 6.45) is 11.6. The maximum absolute atomic E-state index is 5.75. The number of hydrogen-bond donors (Lipinski definition) is 0. The lowest BCUT2D eigenvalue weighted by Crippen LogP contribution is -2.19. The molecule has 0 N–H and O–H groups in total. The minimum atomic E-state index is -0.351. The highest BCUT2D eigenvalue weighted by molar-refractivity contribution is 6.57. The highest BCUT2D eigenvalue weighted by Crippen LogP contribution is 2.39. The summed E-state index contributed by atoms with van der Waals surface area (Å²) in [6.45, 7) is 12.4. The molecule has 0 heterocycles. The third kappa shape index (κ3) is 8.14. The quantitative estimate of drug-likeness (QED) is 0.428. The zero-order valence-electron chi connectivity index (χ0n) is 14.0. The van der Waals surface area contributed by atoms with Crippen molar-refractivity contribution in [2.24, 2.45) is 5.92 Å². The van der Waals surface area contributed by atoms with Gasteiger partial charge in [-0.05, 0) is 38.7 Å². The van der Waals surface area contributed by atoms with Crippen molar-refractivity contribution in [2.45, 2.75) is 96.4 Å². The van der Waals surface area contributed by atoms with Crippen LogP contribution < -0.4 is 0 Å². The van der Waals surface area contributed by atoms with Crippen LogP contribution in [0.4, 0.5) is 0 Å². The van der Waals surface area contributed by atoms with E-state index in [4.69, 9.17) is 4.74 Å². The van der Waals surface area contributed by atoms with Gasteiger partial charge < -0.3 is 4.74 Å². The first-order valence-corrected chi connectivity index (χ1v) is 11.5. The van der Waals surface area contributed by atoms with E-state index in [1.807, 2.05) is 0 Å². The van der Waals surface area contributed by atoms with E-state index in [-0.39, 0.29) is 14.4 Å². The molecule has 0 aromatic heterocycles. The second-order valence-corrected chi connectivity index (χ2v) is 11.3. The van der Waals surface area contributed by atoms with Crippen LogP contribution in [0.25, 0.3) is 0 Å². The van der Waals surface area contributed by atoms with Gasteiger partial charge in [0, 0.05) is 15.4 Å². The topological polar surface area (TPSA) is 9.23 Å². The molecular weight excluding hydrogens is 248 g/mol. The Labute approximate surface area is 123 Å². The first-order valence-electron chi connectivity index (χ1n) is 8.52. The van der Waals surface area contributed by atoms with E-state index in [2.05, 4.69) is 33.9 Å². The first kappa shape index (κ1) is 17.2. The first-order chi connectivity index (χ1) is 8.88. The third-order valence-electron chi connectivity index (χ3n) is 4.57. The molecule has 0 radical (unpaired) electrons. The van der Waals surface area contributed by atoms with Crippen molar-refractivity contribution in [1.29, 1.82) is 0 Å². The number of rotatable bonds is 8. The Morgan fingerprint density at radius 1 is 1.00 bits per heavy atom. The Balaban J connectivity index is 1.92. The molecule has 0 bridgehead atoms. The van der Waals surface area contributed by atoms with Gasteiger partial charge in [0.1, 0.15) is 0 Å². The molecule has 2 unspecified atom stereocenters. The van der Waals surface area contributed by atoms with Gasteiger partial charge in [0.2, 0.25) is 0 Å². The van der Waals surface area contributed by atoms with Gasteiger partial charge in [-0.1, -0.05) is 58.0 Å². The van der Waals surface area contributed by atoms with Crippen LogP contribution >= 0.6 is 0 Å². The van der Waals surface area contributed by atoms with E-state index < -0.39 is 0 Å². The zero-order chi connectivity index (χ0) is 14.3. The van der Waals surface area contributed by atoms with Crippen molar-refractivity contribution in [3.8, 4) is 0 Å². The van der Waals surface area contributed by atoms with Crippen LogP contribution in [0.5, 0.6) is 0 Å². The minimum absolute atomic E-state index is 0.0413. The van der Waals surface area contributed by atoms with Crippen LogP contribution in [0.2, 0.25) is 18.6 Å². The summed E-state index contributed by atoms with van der Waals surface area (Å²) in [5.74, 6) is 1.07. The van der Waals surface area contributed by atoms with E-state index in [9.17, 15) is 0 Å². The van der Waals surface area contributed by atoms with Crippen LogP contribution in [0, 0.1) is 5.92 Å². The molecule has 1 rings (SSSR count). The molecule has 0 saturated heterocycles.